The Labute approximate surface area is 142 Å². The highest BCUT2D eigenvalue weighted by molar-refractivity contribution is 6.13. The van der Waals surface area contributed by atoms with E-state index in [4.69, 9.17) is 0 Å². The zero-order valence-corrected chi connectivity index (χ0v) is 13.5. The molecular weight excluding hydrogens is 334 g/mol. The summed E-state index contributed by atoms with van der Waals surface area (Å²) in [5.41, 5.74) is 0.0740. The van der Waals surface area contributed by atoms with Gasteiger partial charge in [-0.05, 0) is 41.8 Å². The average molecular weight is 350 g/mol. The average Bonchev–Trinajstić information content (AvgIpc) is 2.56. The lowest BCUT2D eigenvalue weighted by molar-refractivity contribution is -0.141. The molecule has 2 aromatic rings. The third-order valence-electron chi connectivity index (χ3n) is 3.81. The van der Waals surface area contributed by atoms with Crippen LogP contribution in [0, 0.1) is 11.6 Å². The van der Waals surface area contributed by atoms with Gasteiger partial charge in [-0.2, -0.15) is 0 Å². The Bertz CT molecular complexity index is 832. The van der Waals surface area contributed by atoms with Gasteiger partial charge in [-0.1, -0.05) is 6.92 Å². The number of rotatable bonds is 5. The first-order valence-corrected chi connectivity index (χ1v) is 7.42. The second-order valence-electron chi connectivity index (χ2n) is 5.34. The number of hydrogen-bond donors (Lipinski definition) is 2. The highest BCUT2D eigenvalue weighted by Gasteiger charge is 2.33. The minimum Gasteiger partial charge on any atom is -0.508 e. The van der Waals surface area contributed by atoms with E-state index in [-0.39, 0.29) is 34.6 Å². The standard InChI is InChI=1S/C18H16F2O5/c1-3-11-12(7-10(21)8-15(11)22)16(18(24)25-2)17(23)9-4-5-13(19)14(20)6-9/h4-8,16,21-22H,3H2,1-2H3. The highest BCUT2D eigenvalue weighted by atomic mass is 19.2. The normalized spacial score (nSPS) is 11.8. The van der Waals surface area contributed by atoms with Crippen LogP contribution in [-0.2, 0) is 16.0 Å². The van der Waals surface area contributed by atoms with Gasteiger partial charge in [0.05, 0.1) is 7.11 Å². The SMILES string of the molecule is CCc1c(O)cc(O)cc1C(C(=O)OC)C(=O)c1ccc(F)c(F)c1. The third kappa shape index (κ3) is 3.60. The molecule has 7 heteroatoms. The van der Waals surface area contributed by atoms with Crippen LogP contribution in [-0.4, -0.2) is 29.1 Å². The molecule has 25 heavy (non-hydrogen) atoms. The van der Waals surface area contributed by atoms with Gasteiger partial charge in [-0.3, -0.25) is 9.59 Å². The summed E-state index contributed by atoms with van der Waals surface area (Å²) in [6.07, 6.45) is 0.264. The van der Waals surface area contributed by atoms with Crippen molar-refractivity contribution in [1.29, 1.82) is 0 Å². The fourth-order valence-electron chi connectivity index (χ4n) is 2.62. The van der Waals surface area contributed by atoms with Crippen LogP contribution in [0.1, 0.15) is 34.3 Å². The van der Waals surface area contributed by atoms with Crippen LogP contribution in [0.3, 0.4) is 0 Å². The number of carbonyl (C=O) groups excluding carboxylic acids is 2. The molecule has 0 fully saturated rings. The molecule has 0 saturated carbocycles. The van der Waals surface area contributed by atoms with E-state index in [9.17, 15) is 28.6 Å². The van der Waals surface area contributed by atoms with E-state index in [2.05, 4.69) is 4.74 Å². The first kappa shape index (κ1) is 18.4. The fraction of sp³-hybridized carbons (Fsp3) is 0.222. The van der Waals surface area contributed by atoms with Crippen molar-refractivity contribution in [3.63, 3.8) is 0 Å². The maximum Gasteiger partial charge on any atom is 0.321 e. The minimum absolute atomic E-state index is 0.0431. The Hall–Kier alpha value is -2.96. The number of benzene rings is 2. The lowest BCUT2D eigenvalue weighted by Crippen LogP contribution is -2.25. The molecule has 2 aromatic carbocycles. The zero-order chi connectivity index (χ0) is 18.7. The van der Waals surface area contributed by atoms with Crippen LogP contribution in [0.25, 0.3) is 0 Å². The Kier molecular flexibility index (Phi) is 5.36. The largest absolute Gasteiger partial charge is 0.508 e. The predicted molar refractivity (Wildman–Crippen MR) is 84.6 cm³/mol. The summed E-state index contributed by atoms with van der Waals surface area (Å²) in [6.45, 7) is 1.69. The van der Waals surface area contributed by atoms with Gasteiger partial charge in [0.25, 0.3) is 0 Å². The molecule has 0 heterocycles. The van der Waals surface area contributed by atoms with E-state index in [1.807, 2.05) is 0 Å². The molecule has 0 spiro atoms. The number of esters is 1. The monoisotopic (exact) mass is 350 g/mol. The Morgan fingerprint density at radius 3 is 2.36 bits per heavy atom. The van der Waals surface area contributed by atoms with Gasteiger partial charge >= 0.3 is 5.97 Å². The Morgan fingerprint density at radius 2 is 1.80 bits per heavy atom. The number of aromatic hydroxyl groups is 2. The number of phenolic OH excluding ortho intramolecular Hbond substituents is 2. The van der Waals surface area contributed by atoms with Crippen LogP contribution in [0.4, 0.5) is 8.78 Å². The smallest absolute Gasteiger partial charge is 0.321 e. The Morgan fingerprint density at radius 1 is 1.12 bits per heavy atom. The summed E-state index contributed by atoms with van der Waals surface area (Å²) in [5, 5.41) is 19.7. The number of phenols is 2. The molecule has 2 N–H and O–H groups in total. The number of halogens is 2. The van der Waals surface area contributed by atoms with Crippen LogP contribution >= 0.6 is 0 Å². The Balaban J connectivity index is 2.63. The highest BCUT2D eigenvalue weighted by Crippen LogP contribution is 2.35. The number of ketones is 1. The molecule has 5 nitrogen and oxygen atoms in total. The van der Waals surface area contributed by atoms with E-state index in [1.54, 1.807) is 6.92 Å². The molecule has 132 valence electrons. The quantitative estimate of drug-likeness (QED) is 0.492. The molecule has 1 unspecified atom stereocenters. The lowest BCUT2D eigenvalue weighted by atomic mass is 9.86. The van der Waals surface area contributed by atoms with Gasteiger partial charge in [0.2, 0.25) is 0 Å². The van der Waals surface area contributed by atoms with Crippen molar-refractivity contribution in [2.75, 3.05) is 7.11 Å². The first-order valence-electron chi connectivity index (χ1n) is 7.42. The molecule has 0 bridgehead atoms. The zero-order valence-electron chi connectivity index (χ0n) is 13.5. The van der Waals surface area contributed by atoms with Gasteiger partial charge in [-0.25, -0.2) is 8.78 Å². The molecular formula is C18H16F2O5. The number of hydrogen-bond acceptors (Lipinski definition) is 5. The maximum atomic E-state index is 13.4. The van der Waals surface area contributed by atoms with E-state index < -0.39 is 29.3 Å². The van der Waals surface area contributed by atoms with Crippen molar-refractivity contribution in [2.24, 2.45) is 0 Å². The van der Waals surface area contributed by atoms with Crippen molar-refractivity contribution >= 4 is 11.8 Å². The molecule has 0 amide bonds. The third-order valence-corrected chi connectivity index (χ3v) is 3.81. The van der Waals surface area contributed by atoms with E-state index >= 15 is 0 Å². The minimum atomic E-state index is -1.54. The molecule has 0 aliphatic heterocycles. The summed E-state index contributed by atoms with van der Waals surface area (Å²) >= 11 is 0. The lowest BCUT2D eigenvalue weighted by Gasteiger charge is -2.18. The maximum absolute atomic E-state index is 13.4. The van der Waals surface area contributed by atoms with Crippen LogP contribution in [0.2, 0.25) is 0 Å². The van der Waals surface area contributed by atoms with Crippen molar-refractivity contribution < 1.29 is 33.3 Å². The molecule has 0 aliphatic carbocycles. The van der Waals surface area contributed by atoms with E-state index in [0.717, 1.165) is 31.4 Å². The van der Waals surface area contributed by atoms with Crippen molar-refractivity contribution in [2.45, 2.75) is 19.3 Å². The molecule has 0 aromatic heterocycles. The molecule has 0 aliphatic rings. The molecule has 0 radical (unpaired) electrons. The number of ether oxygens (including phenoxy) is 1. The van der Waals surface area contributed by atoms with Crippen molar-refractivity contribution in [1.82, 2.24) is 0 Å². The van der Waals surface area contributed by atoms with Crippen LogP contribution in [0.5, 0.6) is 11.5 Å². The second-order valence-corrected chi connectivity index (χ2v) is 5.34. The summed E-state index contributed by atoms with van der Waals surface area (Å²) in [4.78, 5) is 24.9. The molecule has 0 saturated heterocycles. The summed E-state index contributed by atoms with van der Waals surface area (Å²) in [7, 11) is 1.07. The topological polar surface area (TPSA) is 83.8 Å². The predicted octanol–water partition coefficient (Wildman–Crippen LogP) is 3.08. The van der Waals surface area contributed by atoms with Crippen LogP contribution in [0.15, 0.2) is 30.3 Å². The second kappa shape index (κ2) is 7.29. The van der Waals surface area contributed by atoms with Gasteiger partial charge in [0.15, 0.2) is 17.4 Å². The van der Waals surface area contributed by atoms with Crippen molar-refractivity contribution in [3.05, 3.63) is 58.7 Å². The number of carbonyl (C=O) groups is 2. The van der Waals surface area contributed by atoms with Gasteiger partial charge in [0.1, 0.15) is 17.4 Å². The van der Waals surface area contributed by atoms with Gasteiger partial charge < -0.3 is 14.9 Å². The van der Waals surface area contributed by atoms with Crippen molar-refractivity contribution in [3.8, 4) is 11.5 Å². The van der Waals surface area contributed by atoms with Gasteiger partial charge in [0, 0.05) is 11.6 Å². The fourth-order valence-corrected chi connectivity index (χ4v) is 2.62. The summed E-state index contributed by atoms with van der Waals surface area (Å²) in [6, 6.07) is 4.75. The number of Topliss-reactive ketones (excluding diaryl/α,β-unsaturated/α-hetero) is 1. The van der Waals surface area contributed by atoms with Gasteiger partial charge in [-0.15, -0.1) is 0 Å². The van der Waals surface area contributed by atoms with Crippen LogP contribution < -0.4 is 0 Å². The van der Waals surface area contributed by atoms with E-state index in [1.165, 1.54) is 0 Å². The molecule has 1 atom stereocenters. The number of methoxy groups -OCH3 is 1. The first-order chi connectivity index (χ1) is 11.8. The van der Waals surface area contributed by atoms with E-state index in [0.29, 0.717) is 6.07 Å². The molecule has 2 rings (SSSR count). The summed E-state index contributed by atoms with van der Waals surface area (Å²) in [5.74, 6) is -6.33. The summed E-state index contributed by atoms with van der Waals surface area (Å²) < 4.78 is 31.2.